The second kappa shape index (κ2) is 6.32. The Bertz CT molecular complexity index is 345. The first-order chi connectivity index (χ1) is 8.66. The average Bonchev–Trinajstić information content (AvgIpc) is 2.40. The minimum Gasteiger partial charge on any atom is -0.387 e. The molecule has 18 heavy (non-hydrogen) atoms. The Kier molecular flexibility index (Phi) is 4.75. The summed E-state index contributed by atoms with van der Waals surface area (Å²) in [5.41, 5.74) is 1.02. The predicted octanol–water partition coefficient (Wildman–Crippen LogP) is 1.75. The van der Waals surface area contributed by atoms with Gasteiger partial charge < -0.3 is 5.11 Å². The molecule has 1 aromatic rings. The number of piperazine rings is 1. The maximum Gasteiger partial charge on any atom is 0.0916 e. The Hall–Kier alpha value is -0.900. The standard InChI is InChI=1S/C15H24N2O/c1-13(2)17-10-8-16(9-11-17)12-15(18)14-6-4-3-5-7-14/h3-7,13,15,18H,8-12H2,1-2H3. The predicted molar refractivity (Wildman–Crippen MR) is 74.6 cm³/mol. The quantitative estimate of drug-likeness (QED) is 0.879. The molecule has 1 aromatic carbocycles. The maximum absolute atomic E-state index is 10.2. The third-order valence-electron chi connectivity index (χ3n) is 3.75. The topological polar surface area (TPSA) is 26.7 Å². The fourth-order valence-electron chi connectivity index (χ4n) is 2.49. The fraction of sp³-hybridized carbons (Fsp3) is 0.600. The lowest BCUT2D eigenvalue weighted by Crippen LogP contribution is -2.49. The van der Waals surface area contributed by atoms with E-state index in [9.17, 15) is 5.11 Å². The van der Waals surface area contributed by atoms with Gasteiger partial charge in [0.25, 0.3) is 0 Å². The average molecular weight is 248 g/mol. The van der Waals surface area contributed by atoms with Gasteiger partial charge in [-0.2, -0.15) is 0 Å². The third kappa shape index (κ3) is 3.55. The second-order valence-electron chi connectivity index (χ2n) is 5.36. The minimum atomic E-state index is -0.364. The molecule has 1 aliphatic rings. The lowest BCUT2D eigenvalue weighted by atomic mass is 10.1. The first-order valence-electron chi connectivity index (χ1n) is 6.86. The van der Waals surface area contributed by atoms with E-state index in [1.165, 1.54) is 0 Å². The highest BCUT2D eigenvalue weighted by Gasteiger charge is 2.20. The fourth-order valence-corrected chi connectivity index (χ4v) is 2.49. The van der Waals surface area contributed by atoms with Crippen molar-refractivity contribution in [2.24, 2.45) is 0 Å². The number of nitrogens with zero attached hydrogens (tertiary/aromatic N) is 2. The molecule has 0 aliphatic carbocycles. The smallest absolute Gasteiger partial charge is 0.0916 e. The first-order valence-corrected chi connectivity index (χ1v) is 6.86. The summed E-state index contributed by atoms with van der Waals surface area (Å²) in [6.07, 6.45) is -0.364. The van der Waals surface area contributed by atoms with Crippen LogP contribution in [0.2, 0.25) is 0 Å². The number of rotatable bonds is 4. The van der Waals surface area contributed by atoms with Crippen molar-refractivity contribution in [3.63, 3.8) is 0 Å². The highest BCUT2D eigenvalue weighted by molar-refractivity contribution is 5.17. The van der Waals surface area contributed by atoms with Crippen LogP contribution in [-0.2, 0) is 0 Å². The number of aliphatic hydroxyl groups excluding tert-OH is 1. The van der Waals surface area contributed by atoms with Crippen molar-refractivity contribution in [2.75, 3.05) is 32.7 Å². The molecule has 1 unspecified atom stereocenters. The second-order valence-corrected chi connectivity index (χ2v) is 5.36. The lowest BCUT2D eigenvalue weighted by Gasteiger charge is -2.37. The van der Waals surface area contributed by atoms with E-state index in [2.05, 4.69) is 23.6 Å². The Morgan fingerprint density at radius 2 is 1.67 bits per heavy atom. The molecule has 0 aromatic heterocycles. The Morgan fingerprint density at radius 3 is 2.22 bits per heavy atom. The number of benzene rings is 1. The summed E-state index contributed by atoms with van der Waals surface area (Å²) >= 11 is 0. The normalized spacial score (nSPS) is 20.2. The van der Waals surface area contributed by atoms with Crippen molar-refractivity contribution in [3.8, 4) is 0 Å². The molecular formula is C15H24N2O. The highest BCUT2D eigenvalue weighted by atomic mass is 16.3. The largest absolute Gasteiger partial charge is 0.387 e. The molecule has 1 aliphatic heterocycles. The van der Waals surface area contributed by atoms with E-state index in [4.69, 9.17) is 0 Å². The van der Waals surface area contributed by atoms with Gasteiger partial charge in [0.05, 0.1) is 6.10 Å². The van der Waals surface area contributed by atoms with Crippen LogP contribution in [0.5, 0.6) is 0 Å². The molecule has 0 amide bonds. The number of aliphatic hydroxyl groups is 1. The summed E-state index contributed by atoms with van der Waals surface area (Å²) < 4.78 is 0. The maximum atomic E-state index is 10.2. The zero-order valence-corrected chi connectivity index (χ0v) is 11.4. The van der Waals surface area contributed by atoms with E-state index in [1.54, 1.807) is 0 Å². The van der Waals surface area contributed by atoms with Crippen molar-refractivity contribution < 1.29 is 5.11 Å². The summed E-state index contributed by atoms with van der Waals surface area (Å²) in [5.74, 6) is 0. The summed E-state index contributed by atoms with van der Waals surface area (Å²) in [5, 5.41) is 10.2. The Labute approximate surface area is 110 Å². The van der Waals surface area contributed by atoms with Gasteiger partial charge in [-0.3, -0.25) is 9.80 Å². The molecule has 0 bridgehead atoms. The molecular weight excluding hydrogens is 224 g/mol. The molecule has 100 valence electrons. The number of β-amino-alcohol motifs (C(OH)–C–C–N with tert-alkyl or cyclic N) is 1. The Balaban J connectivity index is 1.81. The van der Waals surface area contributed by atoms with Gasteiger partial charge in [0.2, 0.25) is 0 Å². The van der Waals surface area contributed by atoms with Crippen molar-refractivity contribution in [3.05, 3.63) is 35.9 Å². The number of hydrogen-bond donors (Lipinski definition) is 1. The van der Waals surface area contributed by atoms with Crippen molar-refractivity contribution >= 4 is 0 Å². The van der Waals surface area contributed by atoms with Crippen molar-refractivity contribution in [1.82, 2.24) is 9.80 Å². The van der Waals surface area contributed by atoms with Gasteiger partial charge in [-0.25, -0.2) is 0 Å². The van der Waals surface area contributed by atoms with Gasteiger partial charge >= 0.3 is 0 Å². The van der Waals surface area contributed by atoms with Gasteiger partial charge in [0.15, 0.2) is 0 Å². The molecule has 3 nitrogen and oxygen atoms in total. The lowest BCUT2D eigenvalue weighted by molar-refractivity contribution is 0.0621. The van der Waals surface area contributed by atoms with E-state index < -0.39 is 0 Å². The van der Waals surface area contributed by atoms with Crippen LogP contribution in [0.3, 0.4) is 0 Å². The molecule has 1 heterocycles. The van der Waals surface area contributed by atoms with Gasteiger partial charge in [-0.1, -0.05) is 30.3 Å². The summed E-state index contributed by atoms with van der Waals surface area (Å²) in [7, 11) is 0. The Morgan fingerprint density at radius 1 is 1.06 bits per heavy atom. The molecule has 1 N–H and O–H groups in total. The first kappa shape index (κ1) is 13.5. The third-order valence-corrected chi connectivity index (χ3v) is 3.75. The molecule has 3 heteroatoms. The van der Waals surface area contributed by atoms with Crippen LogP contribution in [0.25, 0.3) is 0 Å². The summed E-state index contributed by atoms with van der Waals surface area (Å²) in [6.45, 7) is 9.57. The molecule has 2 rings (SSSR count). The van der Waals surface area contributed by atoms with Gasteiger partial charge in [-0.05, 0) is 19.4 Å². The van der Waals surface area contributed by atoms with Crippen LogP contribution in [0, 0.1) is 0 Å². The van der Waals surface area contributed by atoms with Crippen LogP contribution < -0.4 is 0 Å². The van der Waals surface area contributed by atoms with Crippen LogP contribution in [-0.4, -0.2) is 53.7 Å². The summed E-state index contributed by atoms with van der Waals surface area (Å²) in [6, 6.07) is 10.6. The van der Waals surface area contributed by atoms with Gasteiger partial charge in [0, 0.05) is 38.8 Å². The summed E-state index contributed by atoms with van der Waals surface area (Å²) in [4.78, 5) is 4.85. The minimum absolute atomic E-state index is 0.364. The molecule has 0 saturated carbocycles. The van der Waals surface area contributed by atoms with E-state index in [-0.39, 0.29) is 6.10 Å². The monoisotopic (exact) mass is 248 g/mol. The van der Waals surface area contributed by atoms with Crippen LogP contribution in [0.1, 0.15) is 25.5 Å². The zero-order chi connectivity index (χ0) is 13.0. The van der Waals surface area contributed by atoms with Crippen LogP contribution >= 0.6 is 0 Å². The van der Waals surface area contributed by atoms with E-state index in [0.717, 1.165) is 38.3 Å². The van der Waals surface area contributed by atoms with E-state index in [1.807, 2.05) is 30.3 Å². The van der Waals surface area contributed by atoms with Gasteiger partial charge in [0.1, 0.15) is 0 Å². The van der Waals surface area contributed by atoms with Crippen LogP contribution in [0.15, 0.2) is 30.3 Å². The van der Waals surface area contributed by atoms with E-state index >= 15 is 0 Å². The molecule has 1 atom stereocenters. The van der Waals surface area contributed by atoms with Crippen LogP contribution in [0.4, 0.5) is 0 Å². The SMILES string of the molecule is CC(C)N1CCN(CC(O)c2ccccc2)CC1. The number of hydrogen-bond acceptors (Lipinski definition) is 3. The molecule has 1 saturated heterocycles. The van der Waals surface area contributed by atoms with Crippen molar-refractivity contribution in [2.45, 2.75) is 26.0 Å². The molecule has 1 fully saturated rings. The zero-order valence-electron chi connectivity index (χ0n) is 11.4. The highest BCUT2D eigenvalue weighted by Crippen LogP contribution is 2.15. The van der Waals surface area contributed by atoms with Crippen molar-refractivity contribution in [1.29, 1.82) is 0 Å². The van der Waals surface area contributed by atoms with Gasteiger partial charge in [-0.15, -0.1) is 0 Å². The molecule has 0 spiro atoms. The van der Waals surface area contributed by atoms with E-state index in [0.29, 0.717) is 6.04 Å². The molecule has 0 radical (unpaired) electrons.